The lowest BCUT2D eigenvalue weighted by Crippen LogP contribution is -2.36. The van der Waals surface area contributed by atoms with E-state index in [2.05, 4.69) is 18.7 Å². The Kier molecular flexibility index (Phi) is 5.53. The molecule has 4 heteroatoms. The Morgan fingerprint density at radius 1 is 1.19 bits per heavy atom. The van der Waals surface area contributed by atoms with Crippen LogP contribution < -0.4 is 5.46 Å². The normalized spacial score (nSPS) is 10.8. The van der Waals surface area contributed by atoms with Crippen LogP contribution >= 0.6 is 0 Å². The highest BCUT2D eigenvalue weighted by atomic mass is 16.4. The van der Waals surface area contributed by atoms with Crippen LogP contribution in [0.25, 0.3) is 0 Å². The first kappa shape index (κ1) is 13.2. The number of nitrogens with zero attached hydrogens (tertiary/aromatic N) is 1. The van der Waals surface area contributed by atoms with Crippen molar-refractivity contribution in [1.29, 1.82) is 0 Å². The van der Waals surface area contributed by atoms with Crippen LogP contribution in [0.4, 0.5) is 0 Å². The topological polar surface area (TPSA) is 43.7 Å². The molecular weight excluding hydrogens is 201 g/mol. The van der Waals surface area contributed by atoms with E-state index in [0.717, 1.165) is 31.6 Å². The second kappa shape index (κ2) is 6.68. The van der Waals surface area contributed by atoms with Crippen molar-refractivity contribution in [3.05, 3.63) is 29.8 Å². The van der Waals surface area contributed by atoms with E-state index in [1.807, 2.05) is 18.2 Å². The quantitative estimate of drug-likeness (QED) is 0.691. The Balaban J connectivity index is 2.78. The summed E-state index contributed by atoms with van der Waals surface area (Å²) < 4.78 is 0. The van der Waals surface area contributed by atoms with Gasteiger partial charge in [0.25, 0.3) is 0 Å². The Labute approximate surface area is 97.9 Å². The van der Waals surface area contributed by atoms with Crippen molar-refractivity contribution in [3.63, 3.8) is 0 Å². The fourth-order valence-electron chi connectivity index (χ4n) is 1.84. The maximum Gasteiger partial charge on any atom is 0.488 e. The summed E-state index contributed by atoms with van der Waals surface area (Å²) in [6, 6.07) is 7.47. The van der Waals surface area contributed by atoms with Crippen LogP contribution in [0.3, 0.4) is 0 Å². The molecule has 1 aromatic carbocycles. The summed E-state index contributed by atoms with van der Waals surface area (Å²) in [4.78, 5) is 2.29. The van der Waals surface area contributed by atoms with E-state index in [9.17, 15) is 10.0 Å². The SMILES string of the molecule is CCCN(CC)Cc1ccccc1B(O)O. The van der Waals surface area contributed by atoms with Crippen molar-refractivity contribution in [1.82, 2.24) is 4.90 Å². The highest BCUT2D eigenvalue weighted by molar-refractivity contribution is 6.59. The lowest BCUT2D eigenvalue weighted by molar-refractivity contribution is 0.281. The second-order valence-electron chi connectivity index (χ2n) is 3.94. The molecule has 0 amide bonds. The molecule has 0 bridgehead atoms. The number of hydrogen-bond donors (Lipinski definition) is 2. The van der Waals surface area contributed by atoms with Gasteiger partial charge in [0.05, 0.1) is 0 Å². The van der Waals surface area contributed by atoms with Gasteiger partial charge < -0.3 is 10.0 Å². The van der Waals surface area contributed by atoms with E-state index in [0.29, 0.717) is 5.46 Å². The van der Waals surface area contributed by atoms with E-state index < -0.39 is 7.12 Å². The minimum Gasteiger partial charge on any atom is -0.423 e. The summed E-state index contributed by atoms with van der Waals surface area (Å²) in [6.07, 6.45) is 1.11. The van der Waals surface area contributed by atoms with E-state index in [-0.39, 0.29) is 0 Å². The lowest BCUT2D eigenvalue weighted by Gasteiger charge is -2.21. The Morgan fingerprint density at radius 3 is 2.44 bits per heavy atom. The molecule has 0 saturated carbocycles. The highest BCUT2D eigenvalue weighted by Crippen LogP contribution is 2.03. The van der Waals surface area contributed by atoms with E-state index >= 15 is 0 Å². The van der Waals surface area contributed by atoms with Crippen LogP contribution in [0.2, 0.25) is 0 Å². The van der Waals surface area contributed by atoms with Crippen molar-refractivity contribution >= 4 is 12.6 Å². The standard InChI is InChI=1S/C12H20BNO2/c1-3-9-14(4-2)10-11-7-5-6-8-12(11)13(15)16/h5-8,15-16H,3-4,9-10H2,1-2H3. The van der Waals surface area contributed by atoms with Gasteiger partial charge in [0.15, 0.2) is 0 Å². The lowest BCUT2D eigenvalue weighted by atomic mass is 9.77. The largest absolute Gasteiger partial charge is 0.488 e. The molecule has 1 aromatic rings. The summed E-state index contributed by atoms with van der Waals surface area (Å²) in [5.74, 6) is 0. The van der Waals surface area contributed by atoms with E-state index in [1.54, 1.807) is 6.07 Å². The van der Waals surface area contributed by atoms with Crippen molar-refractivity contribution in [3.8, 4) is 0 Å². The van der Waals surface area contributed by atoms with Gasteiger partial charge in [-0.05, 0) is 30.5 Å². The Morgan fingerprint density at radius 2 is 1.88 bits per heavy atom. The molecule has 0 saturated heterocycles. The van der Waals surface area contributed by atoms with Gasteiger partial charge in [-0.1, -0.05) is 38.1 Å². The number of rotatable bonds is 6. The molecule has 16 heavy (non-hydrogen) atoms. The average Bonchev–Trinajstić information content (AvgIpc) is 2.29. The molecule has 1 rings (SSSR count). The molecule has 0 fully saturated rings. The van der Waals surface area contributed by atoms with Gasteiger partial charge in [-0.2, -0.15) is 0 Å². The van der Waals surface area contributed by atoms with Gasteiger partial charge in [0.1, 0.15) is 0 Å². The molecule has 0 aliphatic heterocycles. The van der Waals surface area contributed by atoms with Crippen LogP contribution in [-0.4, -0.2) is 35.2 Å². The fraction of sp³-hybridized carbons (Fsp3) is 0.500. The van der Waals surface area contributed by atoms with Crippen LogP contribution in [0.15, 0.2) is 24.3 Å². The zero-order valence-corrected chi connectivity index (χ0v) is 10.1. The molecule has 0 aliphatic carbocycles. The third-order valence-electron chi connectivity index (χ3n) is 2.71. The minimum absolute atomic E-state index is 0.608. The maximum absolute atomic E-state index is 9.26. The predicted molar refractivity (Wildman–Crippen MR) is 67.5 cm³/mol. The summed E-state index contributed by atoms with van der Waals surface area (Å²) in [6.45, 7) is 7.05. The summed E-state index contributed by atoms with van der Waals surface area (Å²) in [5.41, 5.74) is 1.60. The molecular formula is C12H20BNO2. The van der Waals surface area contributed by atoms with Crippen LogP contribution in [0, 0.1) is 0 Å². The molecule has 0 spiro atoms. The predicted octanol–water partition coefficient (Wildman–Crippen LogP) is 0.598. The molecule has 0 aliphatic rings. The van der Waals surface area contributed by atoms with Crippen molar-refractivity contribution in [2.75, 3.05) is 13.1 Å². The summed E-state index contributed by atoms with van der Waals surface area (Å²) >= 11 is 0. The Hall–Kier alpha value is -0.835. The third kappa shape index (κ3) is 3.63. The highest BCUT2D eigenvalue weighted by Gasteiger charge is 2.16. The monoisotopic (exact) mass is 221 g/mol. The molecule has 0 aromatic heterocycles. The summed E-state index contributed by atoms with van der Waals surface area (Å²) in [5, 5.41) is 18.5. The second-order valence-corrected chi connectivity index (χ2v) is 3.94. The molecule has 0 heterocycles. The van der Waals surface area contributed by atoms with E-state index in [1.165, 1.54) is 0 Å². The molecule has 0 radical (unpaired) electrons. The molecule has 0 atom stereocenters. The first-order valence-corrected chi connectivity index (χ1v) is 5.85. The van der Waals surface area contributed by atoms with Crippen LogP contribution in [0.5, 0.6) is 0 Å². The first-order chi connectivity index (χ1) is 7.69. The van der Waals surface area contributed by atoms with Gasteiger partial charge in [-0.3, -0.25) is 4.90 Å². The average molecular weight is 221 g/mol. The smallest absolute Gasteiger partial charge is 0.423 e. The molecule has 3 nitrogen and oxygen atoms in total. The minimum atomic E-state index is -1.38. The first-order valence-electron chi connectivity index (χ1n) is 5.85. The van der Waals surface area contributed by atoms with Crippen LogP contribution in [0.1, 0.15) is 25.8 Å². The van der Waals surface area contributed by atoms with Crippen molar-refractivity contribution < 1.29 is 10.0 Å². The van der Waals surface area contributed by atoms with Crippen LogP contribution in [-0.2, 0) is 6.54 Å². The summed E-state index contributed by atoms with van der Waals surface area (Å²) in [7, 11) is -1.38. The third-order valence-corrected chi connectivity index (χ3v) is 2.71. The van der Waals surface area contributed by atoms with Gasteiger partial charge in [0, 0.05) is 6.54 Å². The molecule has 2 N–H and O–H groups in total. The van der Waals surface area contributed by atoms with E-state index in [4.69, 9.17) is 0 Å². The zero-order valence-electron chi connectivity index (χ0n) is 10.1. The van der Waals surface area contributed by atoms with Crippen molar-refractivity contribution in [2.45, 2.75) is 26.8 Å². The van der Waals surface area contributed by atoms with Gasteiger partial charge in [-0.15, -0.1) is 0 Å². The number of hydrogen-bond acceptors (Lipinski definition) is 3. The van der Waals surface area contributed by atoms with Gasteiger partial charge >= 0.3 is 7.12 Å². The maximum atomic E-state index is 9.26. The Bertz CT molecular complexity index is 318. The zero-order chi connectivity index (χ0) is 12.0. The molecule has 88 valence electrons. The number of benzene rings is 1. The van der Waals surface area contributed by atoms with Crippen molar-refractivity contribution in [2.24, 2.45) is 0 Å². The molecule has 0 unspecified atom stereocenters. The van der Waals surface area contributed by atoms with Gasteiger partial charge in [0.2, 0.25) is 0 Å². The fourth-order valence-corrected chi connectivity index (χ4v) is 1.84. The van der Waals surface area contributed by atoms with Gasteiger partial charge in [-0.25, -0.2) is 0 Å².